The molecule has 148 valence electrons. The van der Waals surface area contributed by atoms with Crippen molar-refractivity contribution in [1.29, 1.82) is 0 Å². The van der Waals surface area contributed by atoms with E-state index in [-0.39, 0.29) is 11.2 Å². The van der Waals surface area contributed by atoms with Crippen LogP contribution in [0.15, 0.2) is 33.9 Å². The lowest BCUT2D eigenvalue weighted by Crippen LogP contribution is -2.38. The minimum atomic E-state index is -0.376. The van der Waals surface area contributed by atoms with E-state index in [2.05, 4.69) is 11.8 Å². The monoisotopic (exact) mass is 401 g/mol. The fourth-order valence-corrected chi connectivity index (χ4v) is 4.19. The Morgan fingerprint density at radius 3 is 2.64 bits per heavy atom. The number of fused-ring (bicyclic) bond motifs is 1. The van der Waals surface area contributed by atoms with E-state index in [0.29, 0.717) is 28.6 Å². The second-order valence-corrected chi connectivity index (χ2v) is 8.07. The smallest absolute Gasteiger partial charge is 0.332 e. The van der Waals surface area contributed by atoms with Gasteiger partial charge in [0, 0.05) is 32.2 Å². The average Bonchev–Trinajstić information content (AvgIpc) is 3.06. The predicted molar refractivity (Wildman–Crippen MR) is 111 cm³/mol. The number of rotatable bonds is 3. The van der Waals surface area contributed by atoms with Gasteiger partial charge in [0.2, 0.25) is 5.95 Å². The number of hydrogen-bond acceptors (Lipinski definition) is 4. The quantitative estimate of drug-likeness (QED) is 0.675. The Morgan fingerprint density at radius 1 is 1.18 bits per heavy atom. The Balaban J connectivity index is 1.98. The van der Waals surface area contributed by atoms with E-state index in [1.807, 2.05) is 28.8 Å². The summed E-state index contributed by atoms with van der Waals surface area (Å²) in [7, 11) is 3.15. The van der Waals surface area contributed by atoms with Crippen LogP contribution in [0.4, 0.5) is 5.95 Å². The maximum absolute atomic E-state index is 13.0. The van der Waals surface area contributed by atoms with E-state index in [0.717, 1.165) is 35.6 Å². The number of aromatic nitrogens is 4. The fourth-order valence-electron chi connectivity index (χ4n) is 3.99. The van der Waals surface area contributed by atoms with Crippen LogP contribution in [0.5, 0.6) is 0 Å². The molecule has 0 spiro atoms. The van der Waals surface area contributed by atoms with Gasteiger partial charge in [-0.25, -0.2) is 4.79 Å². The molecular weight excluding hydrogens is 378 g/mol. The number of hydrogen-bond donors (Lipinski definition) is 0. The molecule has 3 heterocycles. The van der Waals surface area contributed by atoms with Gasteiger partial charge in [0.05, 0.1) is 6.54 Å². The average molecular weight is 402 g/mol. The molecule has 1 unspecified atom stereocenters. The summed E-state index contributed by atoms with van der Waals surface area (Å²) >= 11 is 6.40. The highest BCUT2D eigenvalue weighted by Crippen LogP contribution is 2.27. The zero-order chi connectivity index (χ0) is 20.0. The minimum Gasteiger partial charge on any atom is -0.342 e. The van der Waals surface area contributed by atoms with Crippen LogP contribution in [-0.4, -0.2) is 31.8 Å². The molecule has 0 aliphatic carbocycles. The highest BCUT2D eigenvalue weighted by molar-refractivity contribution is 6.31. The van der Waals surface area contributed by atoms with Crippen LogP contribution in [0.25, 0.3) is 11.2 Å². The van der Waals surface area contributed by atoms with Gasteiger partial charge in [-0.2, -0.15) is 4.98 Å². The van der Waals surface area contributed by atoms with Gasteiger partial charge in [-0.05, 0) is 30.4 Å². The van der Waals surface area contributed by atoms with Gasteiger partial charge in [0.15, 0.2) is 11.2 Å². The molecule has 1 aliphatic heterocycles. The maximum Gasteiger partial charge on any atom is 0.332 e. The van der Waals surface area contributed by atoms with E-state index in [1.54, 1.807) is 7.05 Å². The van der Waals surface area contributed by atoms with Crippen LogP contribution in [0.3, 0.4) is 0 Å². The number of halogens is 1. The van der Waals surface area contributed by atoms with Crippen molar-refractivity contribution in [2.75, 3.05) is 18.0 Å². The van der Waals surface area contributed by atoms with E-state index in [9.17, 15) is 9.59 Å². The molecular formula is C20H24ClN5O2. The zero-order valence-electron chi connectivity index (χ0n) is 16.4. The molecule has 1 atom stereocenters. The van der Waals surface area contributed by atoms with Gasteiger partial charge in [-0.15, -0.1) is 0 Å². The zero-order valence-corrected chi connectivity index (χ0v) is 17.1. The third kappa shape index (κ3) is 3.03. The summed E-state index contributed by atoms with van der Waals surface area (Å²) in [5.74, 6) is 1.27. The number of piperidine rings is 1. The SMILES string of the molecule is CC1CCCN(c2nc3c(c(=O)n(C)c(=O)n3C)n2Cc2ccccc2Cl)C1. The normalized spacial score (nSPS) is 17.4. The van der Waals surface area contributed by atoms with Crippen LogP contribution in [-0.2, 0) is 20.6 Å². The first-order valence-corrected chi connectivity index (χ1v) is 9.91. The summed E-state index contributed by atoms with van der Waals surface area (Å²) < 4.78 is 4.49. The first-order valence-electron chi connectivity index (χ1n) is 9.53. The molecule has 3 aromatic rings. The summed E-state index contributed by atoms with van der Waals surface area (Å²) in [6.45, 7) is 4.40. The summed E-state index contributed by atoms with van der Waals surface area (Å²) in [4.78, 5) is 32.4. The molecule has 4 rings (SSSR count). The largest absolute Gasteiger partial charge is 0.342 e. The molecule has 1 aromatic carbocycles. The number of benzene rings is 1. The highest BCUT2D eigenvalue weighted by atomic mass is 35.5. The second kappa shape index (κ2) is 7.13. The Morgan fingerprint density at radius 2 is 1.93 bits per heavy atom. The second-order valence-electron chi connectivity index (χ2n) is 7.66. The molecule has 2 aromatic heterocycles. The predicted octanol–water partition coefficient (Wildman–Crippen LogP) is 2.37. The van der Waals surface area contributed by atoms with Gasteiger partial charge in [0.25, 0.3) is 5.56 Å². The molecule has 1 aliphatic rings. The van der Waals surface area contributed by atoms with Crippen molar-refractivity contribution < 1.29 is 0 Å². The molecule has 0 saturated carbocycles. The fraction of sp³-hybridized carbons (Fsp3) is 0.450. The topological polar surface area (TPSA) is 65.1 Å². The lowest BCUT2D eigenvalue weighted by atomic mass is 10.0. The molecule has 0 bridgehead atoms. The van der Waals surface area contributed by atoms with Crippen molar-refractivity contribution in [3.63, 3.8) is 0 Å². The third-order valence-electron chi connectivity index (χ3n) is 5.55. The van der Waals surface area contributed by atoms with Crippen molar-refractivity contribution in [3.05, 3.63) is 55.7 Å². The molecule has 8 heteroatoms. The van der Waals surface area contributed by atoms with E-state index in [1.165, 1.54) is 18.0 Å². The molecule has 1 fully saturated rings. The van der Waals surface area contributed by atoms with Gasteiger partial charge in [-0.1, -0.05) is 36.7 Å². The Labute approximate surface area is 167 Å². The van der Waals surface area contributed by atoms with Crippen LogP contribution in [0.1, 0.15) is 25.3 Å². The van der Waals surface area contributed by atoms with E-state index >= 15 is 0 Å². The van der Waals surface area contributed by atoms with Crippen molar-refractivity contribution in [3.8, 4) is 0 Å². The molecule has 0 N–H and O–H groups in total. The first kappa shape index (κ1) is 18.8. The lowest BCUT2D eigenvalue weighted by Gasteiger charge is -2.32. The van der Waals surface area contributed by atoms with Crippen LogP contribution < -0.4 is 16.1 Å². The van der Waals surface area contributed by atoms with E-state index < -0.39 is 0 Å². The molecule has 1 saturated heterocycles. The van der Waals surface area contributed by atoms with Crippen LogP contribution >= 0.6 is 11.6 Å². The Hall–Kier alpha value is -2.54. The van der Waals surface area contributed by atoms with E-state index in [4.69, 9.17) is 16.6 Å². The van der Waals surface area contributed by atoms with Gasteiger partial charge >= 0.3 is 5.69 Å². The summed E-state index contributed by atoms with van der Waals surface area (Å²) in [5, 5.41) is 0.643. The number of imidazole rings is 1. The van der Waals surface area contributed by atoms with Crippen LogP contribution in [0.2, 0.25) is 5.02 Å². The molecule has 7 nitrogen and oxygen atoms in total. The van der Waals surface area contributed by atoms with Crippen molar-refractivity contribution in [2.45, 2.75) is 26.3 Å². The Bertz CT molecular complexity index is 1160. The molecule has 0 amide bonds. The summed E-state index contributed by atoms with van der Waals surface area (Å²) in [5.41, 5.74) is 1.03. The highest BCUT2D eigenvalue weighted by Gasteiger charge is 2.26. The maximum atomic E-state index is 13.0. The number of nitrogens with zero attached hydrogens (tertiary/aromatic N) is 5. The molecule has 28 heavy (non-hydrogen) atoms. The minimum absolute atomic E-state index is 0.339. The van der Waals surface area contributed by atoms with Gasteiger partial charge in [-0.3, -0.25) is 18.5 Å². The number of aryl methyl sites for hydroxylation is 1. The van der Waals surface area contributed by atoms with Crippen LogP contribution in [0, 0.1) is 5.92 Å². The molecule has 0 radical (unpaired) electrons. The van der Waals surface area contributed by atoms with Crippen molar-refractivity contribution in [2.24, 2.45) is 20.0 Å². The standard InChI is InChI=1S/C20H24ClN5O2/c1-13-7-6-10-25(11-13)19-22-17-16(18(27)24(3)20(28)23(17)2)26(19)12-14-8-4-5-9-15(14)21/h4-5,8-9,13H,6-7,10-12H2,1-3H3. The third-order valence-corrected chi connectivity index (χ3v) is 5.92. The Kier molecular flexibility index (Phi) is 4.79. The van der Waals surface area contributed by atoms with Gasteiger partial charge < -0.3 is 4.90 Å². The number of anilines is 1. The van der Waals surface area contributed by atoms with Crippen molar-refractivity contribution >= 4 is 28.7 Å². The summed E-state index contributed by atoms with van der Waals surface area (Å²) in [6.07, 6.45) is 2.26. The summed E-state index contributed by atoms with van der Waals surface area (Å²) in [6, 6.07) is 7.60. The van der Waals surface area contributed by atoms with Crippen molar-refractivity contribution in [1.82, 2.24) is 18.7 Å². The van der Waals surface area contributed by atoms with Gasteiger partial charge in [0.1, 0.15) is 0 Å². The lowest BCUT2D eigenvalue weighted by molar-refractivity contribution is 0.439. The first-order chi connectivity index (χ1) is 13.4.